The topological polar surface area (TPSA) is 92.2 Å². The lowest BCUT2D eigenvalue weighted by Crippen LogP contribution is -2.72. The van der Waals surface area contributed by atoms with E-state index in [0.717, 1.165) is 26.1 Å². The summed E-state index contributed by atoms with van der Waals surface area (Å²) in [5.74, 6) is 1.59. The number of carbonyl (C=O) groups excluding carboxylic acids is 1. The minimum Gasteiger partial charge on any atom is -0.340 e. The van der Waals surface area contributed by atoms with Crippen molar-refractivity contribution in [1.82, 2.24) is 26.4 Å². The Bertz CT molecular complexity index is 683. The normalized spacial score (nSPS) is 44.1. The number of hydrogen-bond acceptors (Lipinski definition) is 6. The molecule has 4 heterocycles. The molecule has 5 fully saturated rings. The van der Waals surface area contributed by atoms with Gasteiger partial charge in [-0.3, -0.25) is 15.5 Å². The monoisotopic (exact) mass is 386 g/mol. The number of hydrogen-bond donors (Lipinski definition) is 4. The van der Waals surface area contributed by atoms with Crippen molar-refractivity contribution in [2.45, 2.75) is 76.2 Å². The Morgan fingerprint density at radius 1 is 1.18 bits per heavy atom. The highest BCUT2D eigenvalue weighted by atomic mass is 16.2. The van der Waals surface area contributed by atoms with Crippen molar-refractivity contribution in [3.63, 3.8) is 0 Å². The first kappa shape index (κ1) is 18.8. The Morgan fingerprint density at radius 3 is 2.68 bits per heavy atom. The van der Waals surface area contributed by atoms with Gasteiger partial charge < -0.3 is 10.6 Å². The van der Waals surface area contributed by atoms with Crippen molar-refractivity contribution >= 4 is 5.91 Å². The Labute approximate surface area is 167 Å². The van der Waals surface area contributed by atoms with Gasteiger partial charge >= 0.3 is 0 Å². The number of rotatable bonds is 3. The van der Waals surface area contributed by atoms with Crippen LogP contribution < -0.4 is 21.4 Å². The fourth-order valence-corrected chi connectivity index (χ4v) is 7.01. The molecule has 0 spiro atoms. The van der Waals surface area contributed by atoms with Gasteiger partial charge in [0.05, 0.1) is 24.2 Å². The van der Waals surface area contributed by atoms with Crippen molar-refractivity contribution in [2.75, 3.05) is 19.6 Å². The van der Waals surface area contributed by atoms with Crippen LogP contribution in [0.3, 0.4) is 0 Å². The van der Waals surface area contributed by atoms with Crippen LogP contribution in [0.15, 0.2) is 0 Å². The molecule has 28 heavy (non-hydrogen) atoms. The third-order valence-corrected chi connectivity index (χ3v) is 8.52. The minimum atomic E-state index is -0.343. The molecule has 154 valence electrons. The summed E-state index contributed by atoms with van der Waals surface area (Å²) < 4.78 is 0. The molecule has 6 atom stereocenters. The third-order valence-electron chi connectivity index (χ3n) is 8.52. The van der Waals surface area contributed by atoms with E-state index in [4.69, 9.17) is 0 Å². The molecule has 0 aromatic heterocycles. The molecule has 7 heteroatoms. The van der Waals surface area contributed by atoms with Crippen LogP contribution in [0.25, 0.3) is 0 Å². The second-order valence-electron chi connectivity index (χ2n) is 10.3. The standard InChI is InChI=1S/C21H34N6O/c1-20(2)16-14(7-10-24-18(16)25-19(20)28)17-13-5-3-4-6-15(13)27(26-17)21(8-9-22)11-23-12-21/h13-18,23-24,26H,3-8,10-12H2,1-2H3,(H,25,28). The van der Waals surface area contributed by atoms with Gasteiger partial charge in [-0.25, -0.2) is 5.01 Å². The van der Waals surface area contributed by atoms with E-state index in [1.54, 1.807) is 0 Å². The van der Waals surface area contributed by atoms with Gasteiger partial charge in [-0.05, 0) is 37.6 Å². The van der Waals surface area contributed by atoms with Crippen LogP contribution in [0.4, 0.5) is 0 Å². The van der Waals surface area contributed by atoms with Gasteiger partial charge in [0.15, 0.2) is 0 Å². The molecule has 0 aromatic rings. The Hall–Kier alpha value is -1.20. The molecule has 1 amide bonds. The number of fused-ring (bicyclic) bond motifs is 2. The molecule has 7 nitrogen and oxygen atoms in total. The van der Waals surface area contributed by atoms with E-state index in [0.29, 0.717) is 36.3 Å². The summed E-state index contributed by atoms with van der Waals surface area (Å²) in [5, 5.41) is 22.2. The smallest absolute Gasteiger partial charge is 0.227 e. The van der Waals surface area contributed by atoms with Gasteiger partial charge in [-0.2, -0.15) is 5.26 Å². The Kier molecular flexibility index (Phi) is 4.48. The molecule has 4 saturated heterocycles. The highest BCUT2D eigenvalue weighted by Crippen LogP contribution is 2.50. The van der Waals surface area contributed by atoms with E-state index in [1.807, 2.05) is 0 Å². The van der Waals surface area contributed by atoms with Crippen molar-refractivity contribution in [3.8, 4) is 6.07 Å². The van der Waals surface area contributed by atoms with E-state index in [9.17, 15) is 10.1 Å². The number of hydrazine groups is 1. The second kappa shape index (κ2) is 6.66. The lowest BCUT2D eigenvalue weighted by atomic mass is 9.64. The third kappa shape index (κ3) is 2.58. The molecule has 5 aliphatic rings. The van der Waals surface area contributed by atoms with E-state index in [1.165, 1.54) is 25.7 Å². The zero-order chi connectivity index (χ0) is 19.5. The van der Waals surface area contributed by atoms with Crippen LogP contribution in [0, 0.1) is 34.5 Å². The molecule has 1 aliphatic carbocycles. The molecule has 6 unspecified atom stereocenters. The summed E-state index contributed by atoms with van der Waals surface area (Å²) in [6.45, 7) is 6.99. The molecule has 4 aliphatic heterocycles. The number of piperidine rings is 1. The van der Waals surface area contributed by atoms with E-state index in [2.05, 4.69) is 46.3 Å². The zero-order valence-electron chi connectivity index (χ0n) is 17.1. The lowest BCUT2D eigenvalue weighted by molar-refractivity contribution is -0.127. The number of nitriles is 1. The number of nitrogens with zero attached hydrogens (tertiary/aromatic N) is 2. The quantitative estimate of drug-likeness (QED) is 0.571. The summed E-state index contributed by atoms with van der Waals surface area (Å²) in [7, 11) is 0. The first-order chi connectivity index (χ1) is 13.5. The molecular formula is C21H34N6O. The zero-order valence-corrected chi connectivity index (χ0v) is 17.1. The first-order valence-electron chi connectivity index (χ1n) is 11.2. The first-order valence-corrected chi connectivity index (χ1v) is 11.2. The minimum absolute atomic E-state index is 0.0602. The molecule has 0 radical (unpaired) electrons. The van der Waals surface area contributed by atoms with Crippen LogP contribution in [0.5, 0.6) is 0 Å². The lowest BCUT2D eigenvalue weighted by Gasteiger charge is -2.51. The molecule has 0 bridgehead atoms. The molecule has 1 saturated carbocycles. The molecule has 5 rings (SSSR count). The van der Waals surface area contributed by atoms with Crippen molar-refractivity contribution in [3.05, 3.63) is 0 Å². The Balaban J connectivity index is 1.46. The largest absolute Gasteiger partial charge is 0.340 e. The fourth-order valence-electron chi connectivity index (χ4n) is 7.01. The van der Waals surface area contributed by atoms with Gasteiger partial charge in [0.2, 0.25) is 5.91 Å². The van der Waals surface area contributed by atoms with Gasteiger partial charge in [-0.15, -0.1) is 0 Å². The summed E-state index contributed by atoms with van der Waals surface area (Å²) >= 11 is 0. The van der Waals surface area contributed by atoms with E-state index >= 15 is 0 Å². The van der Waals surface area contributed by atoms with Crippen LogP contribution in [-0.4, -0.2) is 54.3 Å². The highest BCUT2D eigenvalue weighted by Gasteiger charge is 2.60. The average Bonchev–Trinajstić information content (AvgIpc) is 3.14. The summed E-state index contributed by atoms with van der Waals surface area (Å²) in [6.07, 6.45) is 6.85. The number of amides is 1. The Morgan fingerprint density at radius 2 is 1.96 bits per heavy atom. The predicted molar refractivity (Wildman–Crippen MR) is 106 cm³/mol. The average molecular weight is 387 g/mol. The summed E-state index contributed by atoms with van der Waals surface area (Å²) in [5.41, 5.74) is 3.57. The number of carbonyl (C=O) groups is 1. The summed E-state index contributed by atoms with van der Waals surface area (Å²) in [6, 6.07) is 3.38. The maximum absolute atomic E-state index is 12.6. The van der Waals surface area contributed by atoms with Crippen LogP contribution >= 0.6 is 0 Å². The van der Waals surface area contributed by atoms with E-state index < -0.39 is 0 Å². The molecule has 4 N–H and O–H groups in total. The van der Waals surface area contributed by atoms with Crippen molar-refractivity contribution < 1.29 is 4.79 Å². The maximum Gasteiger partial charge on any atom is 0.227 e. The SMILES string of the molecule is CC1(C)C(=O)NC2NCCC(C3NN(C4(CC#N)CNC4)C4CCCCC34)C21. The van der Waals surface area contributed by atoms with Crippen LogP contribution in [0.1, 0.15) is 52.4 Å². The summed E-state index contributed by atoms with van der Waals surface area (Å²) in [4.78, 5) is 12.6. The van der Waals surface area contributed by atoms with E-state index in [-0.39, 0.29) is 23.0 Å². The molecule has 0 aromatic carbocycles. The second-order valence-corrected chi connectivity index (χ2v) is 10.3. The van der Waals surface area contributed by atoms with Crippen LogP contribution in [0.2, 0.25) is 0 Å². The predicted octanol–water partition coefficient (Wildman–Crippen LogP) is 0.697. The highest BCUT2D eigenvalue weighted by molar-refractivity contribution is 5.85. The van der Waals surface area contributed by atoms with Crippen LogP contribution in [-0.2, 0) is 4.79 Å². The van der Waals surface area contributed by atoms with Crippen molar-refractivity contribution in [2.24, 2.45) is 23.2 Å². The number of nitrogens with one attached hydrogen (secondary N) is 4. The van der Waals surface area contributed by atoms with Gasteiger partial charge in [0.1, 0.15) is 0 Å². The van der Waals surface area contributed by atoms with Gasteiger partial charge in [-0.1, -0.05) is 26.7 Å². The van der Waals surface area contributed by atoms with Crippen molar-refractivity contribution in [1.29, 1.82) is 5.26 Å². The van der Waals surface area contributed by atoms with Gasteiger partial charge in [0, 0.05) is 36.5 Å². The maximum atomic E-state index is 12.6. The van der Waals surface area contributed by atoms with Gasteiger partial charge in [0.25, 0.3) is 0 Å². The molecular weight excluding hydrogens is 352 g/mol. The fraction of sp³-hybridized carbons (Fsp3) is 0.905.